The van der Waals surface area contributed by atoms with Gasteiger partial charge in [0.05, 0.1) is 24.9 Å². The van der Waals surface area contributed by atoms with E-state index in [1.54, 1.807) is 66.7 Å². The molecule has 0 bridgehead atoms. The van der Waals surface area contributed by atoms with Crippen LogP contribution in [0.25, 0.3) is 6.08 Å². The highest BCUT2D eigenvalue weighted by Crippen LogP contribution is 2.36. The summed E-state index contributed by atoms with van der Waals surface area (Å²) < 4.78 is 26.1. The van der Waals surface area contributed by atoms with Crippen molar-refractivity contribution < 1.29 is 23.5 Å². The fraction of sp³-hybridized carbons (Fsp3) is 0.200. The molecular weight excluding hydrogens is 531 g/mol. The third kappa shape index (κ3) is 6.69. The number of ether oxygens (including phenoxy) is 2. The highest BCUT2D eigenvalue weighted by molar-refractivity contribution is 6.09. The van der Waals surface area contributed by atoms with Crippen molar-refractivity contribution in [2.45, 2.75) is 39.3 Å². The number of rotatable bonds is 10. The van der Waals surface area contributed by atoms with Crippen LogP contribution in [0.15, 0.2) is 103 Å². The van der Waals surface area contributed by atoms with Crippen molar-refractivity contribution >= 4 is 23.6 Å². The second kappa shape index (κ2) is 13.2. The van der Waals surface area contributed by atoms with Gasteiger partial charge in [0, 0.05) is 11.1 Å². The molecule has 0 saturated heterocycles. The molecule has 1 N–H and O–H groups in total. The molecule has 1 atom stereocenters. The van der Waals surface area contributed by atoms with E-state index < -0.39 is 0 Å². The van der Waals surface area contributed by atoms with Gasteiger partial charge in [0.25, 0.3) is 11.8 Å². The standard InChI is InChI=1S/C35H33FN2O4/c1-3-4-21-41-29-19-17-26(18-20-29)24(2)37-34(39)27-15-13-25(14-16-27)22-33-35(40)38(23-28-9-5-6-10-30(28)36)31-11-7-8-12-32(31)42-33/h5-20,22,24H,3-4,21,23H2,1-2H3,(H,37,39)/b33-22-/t24-/m1/s1. The van der Waals surface area contributed by atoms with Gasteiger partial charge >= 0.3 is 0 Å². The van der Waals surface area contributed by atoms with Crippen molar-refractivity contribution in [1.82, 2.24) is 5.32 Å². The maximum Gasteiger partial charge on any atom is 0.294 e. The quantitative estimate of drug-likeness (QED) is 0.160. The first-order chi connectivity index (χ1) is 20.4. The lowest BCUT2D eigenvalue weighted by atomic mass is 10.1. The zero-order valence-electron chi connectivity index (χ0n) is 23.7. The number of nitrogens with one attached hydrogen (secondary N) is 1. The van der Waals surface area contributed by atoms with Gasteiger partial charge in [-0.3, -0.25) is 14.5 Å². The predicted octanol–water partition coefficient (Wildman–Crippen LogP) is 7.46. The number of carbonyl (C=O) groups is 2. The Bertz CT molecular complexity index is 1580. The first-order valence-corrected chi connectivity index (χ1v) is 14.1. The van der Waals surface area contributed by atoms with E-state index in [-0.39, 0.29) is 36.0 Å². The van der Waals surface area contributed by atoms with Gasteiger partial charge in [0.15, 0.2) is 11.5 Å². The third-order valence-electron chi connectivity index (χ3n) is 7.08. The molecule has 1 aliphatic rings. The van der Waals surface area contributed by atoms with E-state index >= 15 is 0 Å². The van der Waals surface area contributed by atoms with Gasteiger partial charge in [0.1, 0.15) is 11.6 Å². The Morgan fingerprint density at radius 2 is 1.69 bits per heavy atom. The van der Waals surface area contributed by atoms with Gasteiger partial charge in [-0.05, 0) is 73.0 Å². The predicted molar refractivity (Wildman–Crippen MR) is 162 cm³/mol. The van der Waals surface area contributed by atoms with Crippen LogP contribution < -0.4 is 19.7 Å². The molecule has 0 unspecified atom stereocenters. The van der Waals surface area contributed by atoms with Gasteiger partial charge in [0.2, 0.25) is 0 Å². The summed E-state index contributed by atoms with van der Waals surface area (Å²) in [5, 5.41) is 3.03. The molecular formula is C35H33FN2O4. The molecule has 0 fully saturated rings. The number of nitrogens with zero attached hydrogens (tertiary/aromatic N) is 1. The van der Waals surface area contributed by atoms with Crippen molar-refractivity contribution in [3.05, 3.63) is 131 Å². The Morgan fingerprint density at radius 1 is 0.976 bits per heavy atom. The van der Waals surface area contributed by atoms with E-state index in [0.29, 0.717) is 34.7 Å². The summed E-state index contributed by atoms with van der Waals surface area (Å²) in [5.41, 5.74) is 3.13. The van der Waals surface area contributed by atoms with Gasteiger partial charge in [-0.25, -0.2) is 4.39 Å². The minimum absolute atomic E-state index is 0.0646. The normalized spacial score (nSPS) is 14.2. The molecule has 7 heteroatoms. The minimum Gasteiger partial charge on any atom is -0.494 e. The van der Waals surface area contributed by atoms with Crippen LogP contribution >= 0.6 is 0 Å². The fourth-order valence-electron chi connectivity index (χ4n) is 4.65. The van der Waals surface area contributed by atoms with E-state index in [1.807, 2.05) is 37.3 Å². The highest BCUT2D eigenvalue weighted by Gasteiger charge is 2.30. The van der Waals surface area contributed by atoms with Crippen LogP contribution in [-0.2, 0) is 11.3 Å². The number of benzene rings is 4. The zero-order valence-corrected chi connectivity index (χ0v) is 23.7. The summed E-state index contributed by atoms with van der Waals surface area (Å²) in [4.78, 5) is 27.9. The second-order valence-corrected chi connectivity index (χ2v) is 10.1. The smallest absolute Gasteiger partial charge is 0.294 e. The number of hydrogen-bond donors (Lipinski definition) is 1. The molecule has 6 nitrogen and oxygen atoms in total. The molecule has 4 aromatic carbocycles. The summed E-state index contributed by atoms with van der Waals surface area (Å²) in [6.45, 7) is 4.81. The average molecular weight is 565 g/mol. The fourth-order valence-corrected chi connectivity index (χ4v) is 4.65. The highest BCUT2D eigenvalue weighted by atomic mass is 19.1. The first kappa shape index (κ1) is 28.6. The number of halogens is 1. The summed E-state index contributed by atoms with van der Waals surface area (Å²) in [6, 6.07) is 28.0. The van der Waals surface area contributed by atoms with Crippen molar-refractivity contribution in [2.75, 3.05) is 11.5 Å². The Morgan fingerprint density at radius 3 is 2.43 bits per heavy atom. The molecule has 0 aliphatic carbocycles. The lowest BCUT2D eigenvalue weighted by Gasteiger charge is -2.30. The Kier molecular flexibility index (Phi) is 8.97. The largest absolute Gasteiger partial charge is 0.494 e. The maximum atomic E-state index is 14.4. The molecule has 4 aromatic rings. The van der Waals surface area contributed by atoms with Crippen LogP contribution in [0.4, 0.5) is 10.1 Å². The Labute approximate surface area is 245 Å². The SMILES string of the molecule is CCCCOc1ccc([C@@H](C)NC(=O)c2ccc(/C=C3\Oc4ccccc4N(Cc4ccccc4F)C3=O)cc2)cc1. The zero-order chi connectivity index (χ0) is 29.5. The van der Waals surface area contributed by atoms with Crippen LogP contribution in [0.5, 0.6) is 11.5 Å². The molecule has 5 rings (SSSR count). The van der Waals surface area contributed by atoms with Crippen molar-refractivity contribution in [1.29, 1.82) is 0 Å². The molecule has 2 amide bonds. The Hall–Kier alpha value is -4.91. The number of carbonyl (C=O) groups excluding carboxylic acids is 2. The van der Waals surface area contributed by atoms with Crippen LogP contribution in [0.2, 0.25) is 0 Å². The van der Waals surface area contributed by atoms with Gasteiger partial charge in [-0.2, -0.15) is 0 Å². The van der Waals surface area contributed by atoms with Crippen molar-refractivity contribution in [2.24, 2.45) is 0 Å². The average Bonchev–Trinajstić information content (AvgIpc) is 3.01. The minimum atomic E-state index is -0.380. The molecule has 0 radical (unpaired) electrons. The lowest BCUT2D eigenvalue weighted by Crippen LogP contribution is -2.37. The number of amides is 2. The van der Waals surface area contributed by atoms with E-state index in [4.69, 9.17) is 9.47 Å². The number of fused-ring (bicyclic) bond motifs is 1. The molecule has 0 saturated carbocycles. The third-order valence-corrected chi connectivity index (χ3v) is 7.08. The summed E-state index contributed by atoms with van der Waals surface area (Å²) >= 11 is 0. The van der Waals surface area contributed by atoms with Gasteiger partial charge < -0.3 is 14.8 Å². The molecule has 1 heterocycles. The number of hydrogen-bond acceptors (Lipinski definition) is 4. The van der Waals surface area contributed by atoms with E-state index in [2.05, 4.69) is 12.2 Å². The molecule has 42 heavy (non-hydrogen) atoms. The van der Waals surface area contributed by atoms with Crippen LogP contribution in [0, 0.1) is 5.82 Å². The second-order valence-electron chi connectivity index (χ2n) is 10.1. The van der Waals surface area contributed by atoms with Crippen molar-refractivity contribution in [3.63, 3.8) is 0 Å². The molecule has 214 valence electrons. The topological polar surface area (TPSA) is 67.9 Å². The molecule has 1 aliphatic heterocycles. The van der Waals surface area contributed by atoms with Crippen LogP contribution in [0.3, 0.4) is 0 Å². The van der Waals surface area contributed by atoms with Crippen molar-refractivity contribution in [3.8, 4) is 11.5 Å². The molecule has 0 spiro atoms. The van der Waals surface area contributed by atoms with Crippen LogP contribution in [0.1, 0.15) is 59.8 Å². The monoisotopic (exact) mass is 564 g/mol. The number of para-hydroxylation sites is 2. The summed E-state index contributed by atoms with van der Waals surface area (Å²) in [7, 11) is 0. The van der Waals surface area contributed by atoms with E-state index in [1.165, 1.54) is 11.0 Å². The van der Waals surface area contributed by atoms with E-state index in [0.717, 1.165) is 24.2 Å². The number of anilines is 1. The maximum absolute atomic E-state index is 14.4. The lowest BCUT2D eigenvalue weighted by molar-refractivity contribution is -0.117. The Balaban J connectivity index is 1.27. The number of unbranched alkanes of at least 4 members (excludes halogenated alkanes) is 1. The van der Waals surface area contributed by atoms with Crippen LogP contribution in [-0.4, -0.2) is 18.4 Å². The van der Waals surface area contributed by atoms with E-state index in [9.17, 15) is 14.0 Å². The molecule has 0 aromatic heterocycles. The van der Waals surface area contributed by atoms with Gasteiger partial charge in [-0.1, -0.05) is 67.9 Å². The van der Waals surface area contributed by atoms with Gasteiger partial charge in [-0.15, -0.1) is 0 Å². The first-order valence-electron chi connectivity index (χ1n) is 14.1. The summed E-state index contributed by atoms with van der Waals surface area (Å²) in [6.07, 6.45) is 3.71. The summed E-state index contributed by atoms with van der Waals surface area (Å²) in [5.74, 6) is 0.462.